The lowest BCUT2D eigenvalue weighted by Gasteiger charge is -2.17. The lowest BCUT2D eigenvalue weighted by molar-refractivity contribution is -0.119. The monoisotopic (exact) mass is 421 g/mol. The van der Waals surface area contributed by atoms with Crippen LogP contribution >= 0.6 is 11.3 Å². The highest BCUT2D eigenvalue weighted by Crippen LogP contribution is 2.26. The van der Waals surface area contributed by atoms with E-state index in [1.54, 1.807) is 12.3 Å². The molecule has 1 unspecified atom stereocenters. The zero-order valence-electron chi connectivity index (χ0n) is 16.9. The summed E-state index contributed by atoms with van der Waals surface area (Å²) in [6, 6.07) is 11.8. The third-order valence-electron chi connectivity index (χ3n) is 4.97. The maximum atomic E-state index is 12.6. The van der Waals surface area contributed by atoms with E-state index < -0.39 is 0 Å². The van der Waals surface area contributed by atoms with Gasteiger partial charge in [0.2, 0.25) is 5.91 Å². The van der Waals surface area contributed by atoms with Gasteiger partial charge < -0.3 is 10.2 Å². The fourth-order valence-corrected chi connectivity index (χ4v) is 4.23. The Morgan fingerprint density at radius 3 is 2.83 bits per heavy atom. The Hall–Kier alpha value is -3.26. The van der Waals surface area contributed by atoms with E-state index in [0.29, 0.717) is 10.7 Å². The van der Waals surface area contributed by atoms with Gasteiger partial charge in [-0.05, 0) is 31.5 Å². The predicted molar refractivity (Wildman–Crippen MR) is 119 cm³/mol. The van der Waals surface area contributed by atoms with Crippen LogP contribution < -0.4 is 15.5 Å². The van der Waals surface area contributed by atoms with Gasteiger partial charge >= 0.3 is 0 Å². The first-order valence-electron chi connectivity index (χ1n) is 9.80. The summed E-state index contributed by atoms with van der Waals surface area (Å²) in [4.78, 5) is 34.9. The first-order chi connectivity index (χ1) is 14.5. The number of carbonyl (C=O) groups excluding carboxylic acids is 2. The molecule has 30 heavy (non-hydrogen) atoms. The van der Waals surface area contributed by atoms with Gasteiger partial charge in [0.1, 0.15) is 5.82 Å². The van der Waals surface area contributed by atoms with Gasteiger partial charge in [-0.25, -0.2) is 9.97 Å². The van der Waals surface area contributed by atoms with Gasteiger partial charge in [0.05, 0.1) is 11.3 Å². The Bertz CT molecular complexity index is 1060. The summed E-state index contributed by atoms with van der Waals surface area (Å²) in [5.41, 5.74) is 3.51. The Labute approximate surface area is 179 Å². The average Bonchev–Trinajstić information content (AvgIpc) is 3.37. The van der Waals surface area contributed by atoms with Gasteiger partial charge in [-0.15, -0.1) is 11.3 Å². The summed E-state index contributed by atoms with van der Waals surface area (Å²) >= 11 is 1.40. The Balaban J connectivity index is 1.38. The summed E-state index contributed by atoms with van der Waals surface area (Å²) in [5.74, 6) is 0.543. The number of rotatable bonds is 5. The van der Waals surface area contributed by atoms with Gasteiger partial charge in [-0.2, -0.15) is 0 Å². The number of amides is 2. The number of hydrogen-bond acceptors (Lipinski definition) is 6. The molecule has 3 heterocycles. The van der Waals surface area contributed by atoms with Crippen molar-refractivity contribution in [3.8, 4) is 11.3 Å². The molecular formula is C22H23N5O2S. The third-order valence-corrected chi connectivity index (χ3v) is 5.73. The zero-order chi connectivity index (χ0) is 21.1. The molecule has 3 aromatic rings. The van der Waals surface area contributed by atoms with E-state index in [4.69, 9.17) is 0 Å². The van der Waals surface area contributed by atoms with Crippen LogP contribution in [0.4, 0.5) is 10.9 Å². The molecule has 1 aliphatic rings. The second kappa shape index (κ2) is 8.62. The van der Waals surface area contributed by atoms with Crippen molar-refractivity contribution in [1.82, 2.24) is 15.3 Å². The highest BCUT2D eigenvalue weighted by Gasteiger charge is 2.24. The van der Waals surface area contributed by atoms with Crippen LogP contribution in [0.5, 0.6) is 0 Å². The number of thiazole rings is 1. The molecule has 1 fully saturated rings. The van der Waals surface area contributed by atoms with E-state index in [9.17, 15) is 9.59 Å². The number of hydrogen-bond donors (Lipinski definition) is 2. The molecule has 7 nitrogen and oxygen atoms in total. The first kappa shape index (κ1) is 20.0. The van der Waals surface area contributed by atoms with Gasteiger partial charge in [-0.3, -0.25) is 14.9 Å². The largest absolute Gasteiger partial charge is 0.354 e. The van der Waals surface area contributed by atoms with Crippen LogP contribution in [-0.4, -0.2) is 40.9 Å². The number of anilines is 2. The Kier molecular flexibility index (Phi) is 5.76. The number of carbonyl (C=O) groups is 2. The second-order valence-electron chi connectivity index (χ2n) is 7.40. The summed E-state index contributed by atoms with van der Waals surface area (Å²) in [6.07, 6.45) is 2.46. The molecule has 2 aromatic heterocycles. The maximum Gasteiger partial charge on any atom is 0.259 e. The standard InChI is InChI=1S/C22H23N5O2S/c1-14-4-3-5-16(10-14)19-13-30-22(25-19)26-21(29)17-6-7-20(23-11-17)27-9-8-18(12-27)24-15(2)28/h3-7,10-11,13,18H,8-9,12H2,1-2H3,(H,24,28)(H,25,26,29). The minimum absolute atomic E-state index is 0.0189. The van der Waals surface area contributed by atoms with Crippen molar-refractivity contribution in [1.29, 1.82) is 0 Å². The smallest absolute Gasteiger partial charge is 0.259 e. The molecule has 1 aliphatic heterocycles. The SMILES string of the molecule is CC(=O)NC1CCN(c2ccc(C(=O)Nc3nc(-c4cccc(C)c4)cs3)cn2)C1. The maximum absolute atomic E-state index is 12.6. The molecule has 2 N–H and O–H groups in total. The molecule has 2 amide bonds. The van der Waals surface area contributed by atoms with Crippen molar-refractivity contribution in [2.75, 3.05) is 23.3 Å². The van der Waals surface area contributed by atoms with E-state index in [1.165, 1.54) is 23.8 Å². The van der Waals surface area contributed by atoms with Gasteiger partial charge in [0, 0.05) is 43.2 Å². The normalized spacial score (nSPS) is 15.8. The quantitative estimate of drug-likeness (QED) is 0.659. The summed E-state index contributed by atoms with van der Waals surface area (Å²) < 4.78 is 0. The van der Waals surface area contributed by atoms with Crippen molar-refractivity contribution >= 4 is 34.1 Å². The molecule has 0 radical (unpaired) electrons. The van der Waals surface area contributed by atoms with Crippen molar-refractivity contribution in [2.24, 2.45) is 0 Å². The molecular weight excluding hydrogens is 398 g/mol. The summed E-state index contributed by atoms with van der Waals surface area (Å²) in [7, 11) is 0. The van der Waals surface area contributed by atoms with E-state index in [1.807, 2.05) is 36.6 Å². The molecule has 154 valence electrons. The van der Waals surface area contributed by atoms with Crippen LogP contribution in [-0.2, 0) is 4.79 Å². The van der Waals surface area contributed by atoms with Crippen LogP contribution in [0, 0.1) is 6.92 Å². The number of pyridine rings is 1. The first-order valence-corrected chi connectivity index (χ1v) is 10.7. The Morgan fingerprint density at radius 1 is 1.23 bits per heavy atom. The highest BCUT2D eigenvalue weighted by molar-refractivity contribution is 7.14. The number of benzene rings is 1. The Morgan fingerprint density at radius 2 is 2.10 bits per heavy atom. The van der Waals surface area contributed by atoms with Crippen molar-refractivity contribution < 1.29 is 9.59 Å². The van der Waals surface area contributed by atoms with Gasteiger partial charge in [-0.1, -0.05) is 23.8 Å². The predicted octanol–water partition coefficient (Wildman–Crippen LogP) is 3.48. The number of aryl methyl sites for hydroxylation is 1. The van der Waals surface area contributed by atoms with Crippen molar-refractivity contribution in [3.63, 3.8) is 0 Å². The molecule has 0 aliphatic carbocycles. The van der Waals surface area contributed by atoms with Crippen LogP contribution in [0.3, 0.4) is 0 Å². The number of nitrogens with one attached hydrogen (secondary N) is 2. The number of nitrogens with zero attached hydrogens (tertiary/aromatic N) is 3. The average molecular weight is 422 g/mol. The second-order valence-corrected chi connectivity index (χ2v) is 8.26. The van der Waals surface area contributed by atoms with E-state index in [-0.39, 0.29) is 17.9 Å². The van der Waals surface area contributed by atoms with Crippen LogP contribution in [0.15, 0.2) is 48.0 Å². The molecule has 1 aromatic carbocycles. The highest BCUT2D eigenvalue weighted by atomic mass is 32.1. The zero-order valence-corrected chi connectivity index (χ0v) is 17.7. The van der Waals surface area contributed by atoms with E-state index in [0.717, 1.165) is 36.6 Å². The molecule has 0 bridgehead atoms. The molecule has 1 atom stereocenters. The van der Waals surface area contributed by atoms with E-state index >= 15 is 0 Å². The number of aromatic nitrogens is 2. The molecule has 0 spiro atoms. The molecule has 4 rings (SSSR count). The van der Waals surface area contributed by atoms with Crippen LogP contribution in [0.25, 0.3) is 11.3 Å². The van der Waals surface area contributed by atoms with Crippen LogP contribution in [0.2, 0.25) is 0 Å². The molecule has 8 heteroatoms. The lowest BCUT2D eigenvalue weighted by atomic mass is 10.1. The fourth-order valence-electron chi connectivity index (χ4n) is 3.52. The van der Waals surface area contributed by atoms with Crippen molar-refractivity contribution in [2.45, 2.75) is 26.3 Å². The summed E-state index contributed by atoms with van der Waals surface area (Å²) in [6.45, 7) is 5.11. The minimum atomic E-state index is -0.239. The van der Waals surface area contributed by atoms with Gasteiger partial charge in [0.25, 0.3) is 5.91 Å². The molecule has 1 saturated heterocycles. The minimum Gasteiger partial charge on any atom is -0.354 e. The third kappa shape index (κ3) is 4.65. The van der Waals surface area contributed by atoms with Gasteiger partial charge in [0.15, 0.2) is 5.13 Å². The van der Waals surface area contributed by atoms with Crippen molar-refractivity contribution in [3.05, 3.63) is 59.1 Å². The lowest BCUT2D eigenvalue weighted by Crippen LogP contribution is -2.35. The topological polar surface area (TPSA) is 87.2 Å². The fraction of sp³-hybridized carbons (Fsp3) is 0.273. The van der Waals surface area contributed by atoms with Crippen LogP contribution in [0.1, 0.15) is 29.3 Å². The van der Waals surface area contributed by atoms with E-state index in [2.05, 4.69) is 31.6 Å². The summed E-state index contributed by atoms with van der Waals surface area (Å²) in [5, 5.41) is 8.27. The molecule has 0 saturated carbocycles.